The van der Waals surface area contributed by atoms with Gasteiger partial charge in [-0.2, -0.15) is 5.48 Å². The molecule has 0 aliphatic rings. The van der Waals surface area contributed by atoms with Gasteiger partial charge in [0.1, 0.15) is 6.04 Å². The van der Waals surface area contributed by atoms with Crippen molar-refractivity contribution in [3.63, 3.8) is 0 Å². The molecule has 0 aromatic rings. The maximum absolute atomic E-state index is 10.8. The quantitative estimate of drug-likeness (QED) is 0.209. The van der Waals surface area contributed by atoms with Crippen LogP contribution in [-0.2, 0) is 9.53 Å². The van der Waals surface area contributed by atoms with Gasteiger partial charge < -0.3 is 9.94 Å². The maximum atomic E-state index is 10.8. The van der Waals surface area contributed by atoms with Gasteiger partial charge in [0.25, 0.3) is 0 Å². The lowest BCUT2D eigenvalue weighted by Gasteiger charge is -2.14. The molecule has 0 aromatic heterocycles. The fraction of sp³-hybridized carbons (Fsp3) is 0.800. The number of rotatable bonds is 4. The molecule has 0 heterocycles. The van der Waals surface area contributed by atoms with E-state index in [0.29, 0.717) is 0 Å². The molecule has 0 aliphatic heterocycles. The molecule has 0 rings (SSSR count). The van der Waals surface area contributed by atoms with Crippen LogP contribution < -0.4 is 5.48 Å². The normalized spacial score (nSPS) is 14.2. The van der Waals surface area contributed by atoms with E-state index in [9.17, 15) is 4.79 Å². The average Bonchev–Trinajstić information content (AvgIpc) is 2.06. The first-order chi connectivity index (χ1) is 5.67. The van der Waals surface area contributed by atoms with Crippen LogP contribution in [0.1, 0.15) is 6.92 Å². The van der Waals surface area contributed by atoms with Crippen molar-refractivity contribution in [1.82, 2.24) is 5.48 Å². The average molecular weight is 174 g/mol. The van der Waals surface area contributed by atoms with Crippen LogP contribution in [0.15, 0.2) is 5.11 Å². The molecule has 0 bridgehead atoms. The van der Waals surface area contributed by atoms with Gasteiger partial charge in [0.05, 0.1) is 13.2 Å². The van der Waals surface area contributed by atoms with Crippen molar-refractivity contribution in [3.05, 3.63) is 10.4 Å². The van der Waals surface area contributed by atoms with Crippen LogP contribution in [0.5, 0.6) is 0 Å². The zero-order valence-electron chi connectivity index (χ0n) is 6.76. The molecule has 12 heavy (non-hydrogen) atoms. The van der Waals surface area contributed by atoms with Crippen molar-refractivity contribution >= 4 is 5.97 Å². The lowest BCUT2D eigenvalue weighted by Crippen LogP contribution is -2.42. The van der Waals surface area contributed by atoms with Crippen LogP contribution >= 0.6 is 0 Å². The third-order valence-corrected chi connectivity index (χ3v) is 1.31. The first-order valence-corrected chi connectivity index (χ1v) is 3.19. The number of methoxy groups -OCH3 is 1. The largest absolute Gasteiger partial charge is 0.468 e. The van der Waals surface area contributed by atoms with E-state index < -0.39 is 18.1 Å². The number of hydroxylamine groups is 1. The van der Waals surface area contributed by atoms with Crippen LogP contribution in [0.3, 0.4) is 0 Å². The second kappa shape index (κ2) is 5.36. The monoisotopic (exact) mass is 174 g/mol. The Morgan fingerprint density at radius 2 is 2.42 bits per heavy atom. The molecule has 0 radical (unpaired) electrons. The minimum absolute atomic E-state index is 0.683. The molecule has 7 heteroatoms. The highest BCUT2D eigenvalue weighted by Gasteiger charge is 2.23. The maximum Gasteiger partial charge on any atom is 0.325 e. The molecule has 0 aromatic carbocycles. The topological polar surface area (TPSA) is 107 Å². The standard InChI is InChI=1S/C5H10N4O3/c1-3(7-9-6)4(8-11)5(10)12-2/h3-4,8,11H,1-2H3. The van der Waals surface area contributed by atoms with E-state index in [1.807, 2.05) is 0 Å². The van der Waals surface area contributed by atoms with Crippen LogP contribution in [0.2, 0.25) is 0 Å². The molecule has 0 fully saturated rings. The molecule has 2 unspecified atom stereocenters. The fourth-order valence-electron chi connectivity index (χ4n) is 0.633. The predicted molar refractivity (Wildman–Crippen MR) is 39.3 cm³/mol. The first kappa shape index (κ1) is 10.7. The van der Waals surface area contributed by atoms with E-state index in [1.54, 1.807) is 5.48 Å². The van der Waals surface area contributed by atoms with Crippen LogP contribution in [0, 0.1) is 0 Å². The summed E-state index contributed by atoms with van der Waals surface area (Å²) in [5.41, 5.74) is 9.73. The molecule has 0 saturated carbocycles. The number of azide groups is 1. The minimum atomic E-state index is -1.02. The smallest absolute Gasteiger partial charge is 0.325 e. The number of nitrogens with zero attached hydrogens (tertiary/aromatic N) is 3. The van der Waals surface area contributed by atoms with Crippen LogP contribution in [0.25, 0.3) is 10.4 Å². The molecule has 2 atom stereocenters. The van der Waals surface area contributed by atoms with Gasteiger partial charge in [-0.15, -0.1) is 0 Å². The number of nitrogens with one attached hydrogen (secondary N) is 1. The highest BCUT2D eigenvalue weighted by Crippen LogP contribution is 1.99. The summed E-state index contributed by atoms with van der Waals surface area (Å²) in [6, 6.07) is -1.72. The van der Waals surface area contributed by atoms with E-state index in [0.717, 1.165) is 0 Å². The van der Waals surface area contributed by atoms with Crippen LogP contribution in [0.4, 0.5) is 0 Å². The second-order valence-electron chi connectivity index (χ2n) is 2.08. The summed E-state index contributed by atoms with van der Waals surface area (Å²) in [5.74, 6) is -0.683. The van der Waals surface area contributed by atoms with E-state index in [1.165, 1.54) is 14.0 Å². The molecular formula is C5H10N4O3. The molecule has 7 nitrogen and oxygen atoms in total. The lowest BCUT2D eigenvalue weighted by atomic mass is 10.2. The molecule has 2 N–H and O–H groups in total. The Labute approximate surface area is 68.9 Å². The molecule has 0 spiro atoms. The van der Waals surface area contributed by atoms with Crippen molar-refractivity contribution in [1.29, 1.82) is 0 Å². The molecule has 0 saturated heterocycles. The third kappa shape index (κ3) is 2.75. The highest BCUT2D eigenvalue weighted by atomic mass is 16.5. The van der Waals surface area contributed by atoms with E-state index in [-0.39, 0.29) is 0 Å². The molecule has 0 aliphatic carbocycles. The summed E-state index contributed by atoms with van der Waals surface area (Å²) in [5, 5.41) is 11.7. The van der Waals surface area contributed by atoms with E-state index in [4.69, 9.17) is 10.7 Å². The first-order valence-electron chi connectivity index (χ1n) is 3.19. The second-order valence-corrected chi connectivity index (χ2v) is 2.08. The highest BCUT2D eigenvalue weighted by molar-refractivity contribution is 5.76. The van der Waals surface area contributed by atoms with Gasteiger partial charge in [0.2, 0.25) is 0 Å². The Morgan fingerprint density at radius 3 is 2.75 bits per heavy atom. The van der Waals surface area contributed by atoms with Crippen molar-refractivity contribution in [3.8, 4) is 0 Å². The lowest BCUT2D eigenvalue weighted by molar-refractivity contribution is -0.146. The van der Waals surface area contributed by atoms with Gasteiger partial charge in [-0.25, -0.2) is 0 Å². The summed E-state index contributed by atoms with van der Waals surface area (Å²) < 4.78 is 4.33. The Bertz CT molecular complexity index is 201. The summed E-state index contributed by atoms with van der Waals surface area (Å²) in [7, 11) is 1.18. The number of carbonyl (C=O) groups is 1. The van der Waals surface area contributed by atoms with Crippen molar-refractivity contribution in [2.24, 2.45) is 5.11 Å². The van der Waals surface area contributed by atoms with Gasteiger partial charge in [0.15, 0.2) is 0 Å². The number of ether oxygens (including phenoxy) is 1. The Kier molecular flexibility index (Phi) is 4.78. The Balaban J connectivity index is 4.32. The summed E-state index contributed by atoms with van der Waals surface area (Å²) in [4.78, 5) is 13.3. The van der Waals surface area contributed by atoms with Crippen molar-refractivity contribution in [2.75, 3.05) is 7.11 Å². The number of hydrogen-bond acceptors (Lipinski definition) is 5. The van der Waals surface area contributed by atoms with Gasteiger partial charge in [-0.05, 0) is 5.53 Å². The Morgan fingerprint density at radius 1 is 1.83 bits per heavy atom. The summed E-state index contributed by atoms with van der Waals surface area (Å²) in [6.07, 6.45) is 0. The van der Waals surface area contributed by atoms with Gasteiger partial charge in [0, 0.05) is 4.91 Å². The van der Waals surface area contributed by atoms with Gasteiger partial charge in [-0.3, -0.25) is 4.79 Å². The van der Waals surface area contributed by atoms with Gasteiger partial charge in [-0.1, -0.05) is 12.0 Å². The SMILES string of the molecule is COC(=O)C(NO)C(C)N=[N+]=[N-]. The van der Waals surface area contributed by atoms with Crippen molar-refractivity contribution in [2.45, 2.75) is 19.0 Å². The Hall–Kier alpha value is -1.30. The van der Waals surface area contributed by atoms with Crippen molar-refractivity contribution < 1.29 is 14.7 Å². The molecule has 0 amide bonds. The summed E-state index contributed by atoms with van der Waals surface area (Å²) >= 11 is 0. The number of esters is 1. The number of carbonyl (C=O) groups excluding carboxylic acids is 1. The van der Waals surface area contributed by atoms with E-state index >= 15 is 0 Å². The summed E-state index contributed by atoms with van der Waals surface area (Å²) in [6.45, 7) is 1.48. The molecular weight excluding hydrogens is 164 g/mol. The predicted octanol–water partition coefficient (Wildman–Crippen LogP) is 0.206. The van der Waals surface area contributed by atoms with Crippen LogP contribution in [-0.4, -0.2) is 30.4 Å². The number of hydrogen-bond donors (Lipinski definition) is 2. The molecule has 68 valence electrons. The fourth-order valence-corrected chi connectivity index (χ4v) is 0.633. The van der Waals surface area contributed by atoms with E-state index in [2.05, 4.69) is 14.8 Å². The minimum Gasteiger partial charge on any atom is -0.468 e. The zero-order valence-corrected chi connectivity index (χ0v) is 6.76. The zero-order chi connectivity index (χ0) is 9.56. The van der Waals surface area contributed by atoms with Gasteiger partial charge >= 0.3 is 5.97 Å². The third-order valence-electron chi connectivity index (χ3n) is 1.31.